The summed E-state index contributed by atoms with van der Waals surface area (Å²) in [6.45, 7) is 6.09. The van der Waals surface area contributed by atoms with Crippen molar-refractivity contribution in [1.82, 2.24) is 4.90 Å². The molecule has 3 N–H and O–H groups in total. The second-order valence-corrected chi connectivity index (χ2v) is 4.41. The number of nitrogen functional groups attached to an aromatic ring is 1. The lowest BCUT2D eigenvalue weighted by molar-refractivity contribution is 0.163. The van der Waals surface area contributed by atoms with Crippen LogP contribution in [-0.2, 0) is 4.74 Å². The third-order valence-corrected chi connectivity index (χ3v) is 2.81. The van der Waals surface area contributed by atoms with E-state index >= 15 is 0 Å². The molecule has 0 aliphatic rings. The number of methoxy groups -OCH3 is 1. The van der Waals surface area contributed by atoms with Crippen LogP contribution in [0.4, 0.5) is 11.4 Å². The molecule has 0 heterocycles. The zero-order valence-corrected chi connectivity index (χ0v) is 12.1. The molecule has 0 fully saturated rings. The minimum absolute atomic E-state index is 0.618. The molecule has 1 aromatic rings. The number of nitrogens with one attached hydrogen (secondary N) is 1. The fraction of sp³-hybridized carbons (Fsp3) is 0.571. The van der Waals surface area contributed by atoms with Gasteiger partial charge in [0.2, 0.25) is 0 Å². The summed E-state index contributed by atoms with van der Waals surface area (Å²) in [5.74, 6) is 0.736. The van der Waals surface area contributed by atoms with Gasteiger partial charge in [-0.3, -0.25) is 0 Å². The molecule has 0 bridgehead atoms. The van der Waals surface area contributed by atoms with Gasteiger partial charge >= 0.3 is 0 Å². The SMILES string of the molecule is CCOc1cc(NCCN(C)CCOC)ccc1N. The van der Waals surface area contributed by atoms with Crippen molar-refractivity contribution in [2.75, 3.05) is 58.1 Å². The fourth-order valence-corrected chi connectivity index (χ4v) is 1.67. The number of nitrogens with zero attached hydrogens (tertiary/aromatic N) is 1. The highest BCUT2D eigenvalue weighted by molar-refractivity contribution is 5.61. The molecule has 0 aromatic heterocycles. The first-order valence-corrected chi connectivity index (χ1v) is 6.61. The quantitative estimate of drug-likeness (QED) is 0.666. The van der Waals surface area contributed by atoms with E-state index in [-0.39, 0.29) is 0 Å². The van der Waals surface area contributed by atoms with Gasteiger partial charge in [-0.1, -0.05) is 0 Å². The van der Waals surface area contributed by atoms with Crippen LogP contribution in [0.1, 0.15) is 6.92 Å². The van der Waals surface area contributed by atoms with Crippen molar-refractivity contribution >= 4 is 11.4 Å². The molecule has 108 valence electrons. The third kappa shape index (κ3) is 5.81. The summed E-state index contributed by atoms with van der Waals surface area (Å²) in [6.07, 6.45) is 0. The van der Waals surface area contributed by atoms with Crippen molar-refractivity contribution in [3.05, 3.63) is 18.2 Å². The van der Waals surface area contributed by atoms with Gasteiger partial charge in [0.15, 0.2) is 0 Å². The number of benzene rings is 1. The van der Waals surface area contributed by atoms with E-state index in [4.69, 9.17) is 15.2 Å². The van der Waals surface area contributed by atoms with Gasteiger partial charge in [0, 0.05) is 38.5 Å². The molecule has 0 saturated heterocycles. The van der Waals surface area contributed by atoms with E-state index in [1.165, 1.54) is 0 Å². The van der Waals surface area contributed by atoms with Crippen molar-refractivity contribution < 1.29 is 9.47 Å². The van der Waals surface area contributed by atoms with Gasteiger partial charge in [0.25, 0.3) is 0 Å². The van der Waals surface area contributed by atoms with Crippen molar-refractivity contribution in [1.29, 1.82) is 0 Å². The Morgan fingerprint density at radius 3 is 2.79 bits per heavy atom. The Bertz CT molecular complexity index is 372. The standard InChI is InChI=1S/C14H25N3O2/c1-4-19-14-11-12(5-6-13(14)15)16-7-8-17(2)9-10-18-3/h5-6,11,16H,4,7-10,15H2,1-3H3. The molecular weight excluding hydrogens is 242 g/mol. The van der Waals surface area contributed by atoms with Crippen LogP contribution in [0.2, 0.25) is 0 Å². The average Bonchev–Trinajstić information content (AvgIpc) is 2.40. The van der Waals surface area contributed by atoms with Gasteiger partial charge in [-0.2, -0.15) is 0 Å². The average molecular weight is 267 g/mol. The van der Waals surface area contributed by atoms with E-state index < -0.39 is 0 Å². The van der Waals surface area contributed by atoms with Gasteiger partial charge < -0.3 is 25.4 Å². The first-order chi connectivity index (χ1) is 9.17. The van der Waals surface area contributed by atoms with E-state index in [2.05, 4.69) is 17.3 Å². The summed E-state index contributed by atoms with van der Waals surface area (Å²) in [5.41, 5.74) is 7.53. The van der Waals surface area contributed by atoms with E-state index in [9.17, 15) is 0 Å². The molecule has 0 spiro atoms. The molecule has 5 nitrogen and oxygen atoms in total. The van der Waals surface area contributed by atoms with Crippen LogP contribution in [-0.4, -0.2) is 51.9 Å². The van der Waals surface area contributed by atoms with Crippen molar-refractivity contribution in [2.24, 2.45) is 0 Å². The zero-order valence-electron chi connectivity index (χ0n) is 12.1. The van der Waals surface area contributed by atoms with E-state index in [1.54, 1.807) is 7.11 Å². The molecule has 0 saturated carbocycles. The summed E-state index contributed by atoms with van der Waals surface area (Å²) in [5, 5.41) is 3.36. The largest absolute Gasteiger partial charge is 0.492 e. The molecule has 1 aromatic carbocycles. The summed E-state index contributed by atoms with van der Waals surface area (Å²) in [6, 6.07) is 5.77. The fourth-order valence-electron chi connectivity index (χ4n) is 1.67. The van der Waals surface area contributed by atoms with Gasteiger partial charge in [-0.15, -0.1) is 0 Å². The number of nitrogens with two attached hydrogens (primary N) is 1. The van der Waals surface area contributed by atoms with Crippen molar-refractivity contribution in [3.63, 3.8) is 0 Å². The number of likely N-dealkylation sites (N-methyl/N-ethyl adjacent to an activating group) is 1. The van der Waals surface area contributed by atoms with Crippen LogP contribution in [0.15, 0.2) is 18.2 Å². The molecule has 19 heavy (non-hydrogen) atoms. The van der Waals surface area contributed by atoms with Crippen LogP contribution < -0.4 is 15.8 Å². The number of hydrogen-bond donors (Lipinski definition) is 2. The first kappa shape index (κ1) is 15.6. The second-order valence-electron chi connectivity index (χ2n) is 4.41. The number of anilines is 2. The number of hydrogen-bond acceptors (Lipinski definition) is 5. The molecule has 5 heteroatoms. The Labute approximate surface area is 115 Å². The van der Waals surface area contributed by atoms with Crippen molar-refractivity contribution in [3.8, 4) is 5.75 Å². The predicted octanol–water partition coefficient (Wildman–Crippen LogP) is 1.66. The molecule has 1 rings (SSSR count). The van der Waals surface area contributed by atoms with Crippen LogP contribution in [0, 0.1) is 0 Å². The van der Waals surface area contributed by atoms with Crippen LogP contribution in [0.5, 0.6) is 5.75 Å². The Kier molecular flexibility index (Phi) is 7.07. The first-order valence-electron chi connectivity index (χ1n) is 6.61. The minimum Gasteiger partial charge on any atom is -0.492 e. The summed E-state index contributed by atoms with van der Waals surface area (Å²) < 4.78 is 10.5. The smallest absolute Gasteiger partial charge is 0.144 e. The lowest BCUT2D eigenvalue weighted by Crippen LogP contribution is -2.28. The molecule has 0 aliphatic heterocycles. The highest BCUT2D eigenvalue weighted by Crippen LogP contribution is 2.25. The Morgan fingerprint density at radius 2 is 2.11 bits per heavy atom. The zero-order chi connectivity index (χ0) is 14.1. The van der Waals surface area contributed by atoms with Gasteiger partial charge in [0.05, 0.1) is 18.9 Å². The highest BCUT2D eigenvalue weighted by Gasteiger charge is 2.02. The van der Waals surface area contributed by atoms with Crippen LogP contribution in [0.3, 0.4) is 0 Å². The van der Waals surface area contributed by atoms with Gasteiger partial charge in [-0.25, -0.2) is 0 Å². The number of ether oxygens (including phenoxy) is 2. The van der Waals surface area contributed by atoms with Crippen molar-refractivity contribution in [2.45, 2.75) is 6.92 Å². The predicted molar refractivity (Wildman–Crippen MR) is 79.9 cm³/mol. The maximum atomic E-state index is 5.83. The molecule has 0 atom stereocenters. The molecular formula is C14H25N3O2. The highest BCUT2D eigenvalue weighted by atomic mass is 16.5. The van der Waals surface area contributed by atoms with E-state index in [0.717, 1.165) is 37.7 Å². The molecule has 0 radical (unpaired) electrons. The van der Waals surface area contributed by atoms with Crippen LogP contribution >= 0.6 is 0 Å². The van der Waals surface area contributed by atoms with Gasteiger partial charge in [0.1, 0.15) is 5.75 Å². The van der Waals surface area contributed by atoms with Gasteiger partial charge in [-0.05, 0) is 26.1 Å². The topological polar surface area (TPSA) is 59.8 Å². The molecule has 0 unspecified atom stereocenters. The lowest BCUT2D eigenvalue weighted by Gasteiger charge is -2.17. The monoisotopic (exact) mass is 267 g/mol. The van der Waals surface area contributed by atoms with E-state index in [0.29, 0.717) is 12.3 Å². The Hall–Kier alpha value is -1.46. The summed E-state index contributed by atoms with van der Waals surface area (Å²) in [4.78, 5) is 2.22. The Morgan fingerprint density at radius 1 is 1.32 bits per heavy atom. The normalized spacial score (nSPS) is 10.7. The maximum Gasteiger partial charge on any atom is 0.144 e. The minimum atomic E-state index is 0.618. The third-order valence-electron chi connectivity index (χ3n) is 2.81. The number of rotatable bonds is 9. The summed E-state index contributed by atoms with van der Waals surface area (Å²) >= 11 is 0. The molecule has 0 aliphatic carbocycles. The van der Waals surface area contributed by atoms with E-state index in [1.807, 2.05) is 25.1 Å². The maximum absolute atomic E-state index is 5.83. The lowest BCUT2D eigenvalue weighted by atomic mass is 10.2. The van der Waals surface area contributed by atoms with Crippen LogP contribution in [0.25, 0.3) is 0 Å². The summed E-state index contributed by atoms with van der Waals surface area (Å²) in [7, 11) is 3.80. The molecule has 0 amide bonds. The Balaban J connectivity index is 2.38. The second kappa shape index (κ2) is 8.61.